The van der Waals surface area contributed by atoms with Crippen LogP contribution in [0.5, 0.6) is 11.5 Å². The van der Waals surface area contributed by atoms with Gasteiger partial charge in [0, 0.05) is 24.2 Å². The standard InChI is InChI=1S/C20H19N3O2S2/c1-23-17-7-5-4-6-16(17)22-20(23)27-12-13-11-26-19(21-13)15-9-8-14(24-2)10-18(15)25-3/h4-11H,12H2,1-3H3. The maximum atomic E-state index is 5.50. The first-order valence-corrected chi connectivity index (χ1v) is 10.3. The van der Waals surface area contributed by atoms with Crippen molar-refractivity contribution in [1.29, 1.82) is 0 Å². The number of aromatic nitrogens is 3. The number of rotatable bonds is 6. The molecular weight excluding hydrogens is 378 g/mol. The van der Waals surface area contributed by atoms with Crippen LogP contribution in [0.1, 0.15) is 5.69 Å². The Hall–Kier alpha value is -2.51. The number of ether oxygens (including phenoxy) is 2. The Labute approximate surface area is 166 Å². The zero-order chi connectivity index (χ0) is 18.8. The summed E-state index contributed by atoms with van der Waals surface area (Å²) in [5.74, 6) is 2.30. The molecule has 0 saturated heterocycles. The van der Waals surface area contributed by atoms with Crippen molar-refractivity contribution in [2.24, 2.45) is 7.05 Å². The molecule has 0 N–H and O–H groups in total. The van der Waals surface area contributed by atoms with Crippen LogP contribution >= 0.6 is 23.1 Å². The van der Waals surface area contributed by atoms with Crippen molar-refractivity contribution < 1.29 is 9.47 Å². The van der Waals surface area contributed by atoms with Crippen LogP contribution in [0.15, 0.2) is 53.0 Å². The number of thioether (sulfide) groups is 1. The second-order valence-electron chi connectivity index (χ2n) is 5.94. The van der Waals surface area contributed by atoms with E-state index in [1.165, 1.54) is 0 Å². The summed E-state index contributed by atoms with van der Waals surface area (Å²) < 4.78 is 12.9. The number of fused-ring (bicyclic) bond motifs is 1. The Bertz CT molecular complexity index is 1090. The number of nitrogens with zero attached hydrogens (tertiary/aromatic N) is 3. The molecule has 27 heavy (non-hydrogen) atoms. The van der Waals surface area contributed by atoms with Gasteiger partial charge in [-0.15, -0.1) is 11.3 Å². The van der Waals surface area contributed by atoms with E-state index < -0.39 is 0 Å². The first-order chi connectivity index (χ1) is 13.2. The molecule has 138 valence electrons. The highest BCUT2D eigenvalue weighted by molar-refractivity contribution is 7.98. The summed E-state index contributed by atoms with van der Waals surface area (Å²) in [5.41, 5.74) is 4.17. The second-order valence-corrected chi connectivity index (χ2v) is 7.74. The molecule has 5 nitrogen and oxygen atoms in total. The molecule has 4 aromatic rings. The summed E-state index contributed by atoms with van der Waals surface area (Å²) in [6, 6.07) is 14.0. The summed E-state index contributed by atoms with van der Waals surface area (Å²) in [6.07, 6.45) is 0. The normalized spacial score (nSPS) is 11.1. The average molecular weight is 398 g/mol. The number of imidazole rings is 1. The summed E-state index contributed by atoms with van der Waals surface area (Å²) in [4.78, 5) is 9.49. The summed E-state index contributed by atoms with van der Waals surface area (Å²) in [5, 5.41) is 4.03. The first kappa shape index (κ1) is 17.9. The molecule has 2 aromatic carbocycles. The third-order valence-electron chi connectivity index (χ3n) is 4.29. The van der Waals surface area contributed by atoms with Crippen LogP contribution in [-0.2, 0) is 12.8 Å². The molecule has 0 aliphatic heterocycles. The Kier molecular flexibility index (Phi) is 5.05. The molecule has 7 heteroatoms. The molecule has 0 fully saturated rings. The van der Waals surface area contributed by atoms with Gasteiger partial charge in [0.05, 0.1) is 36.5 Å². The van der Waals surface area contributed by atoms with E-state index >= 15 is 0 Å². The minimum absolute atomic E-state index is 0.762. The van der Waals surface area contributed by atoms with E-state index in [9.17, 15) is 0 Å². The van der Waals surface area contributed by atoms with E-state index in [-0.39, 0.29) is 0 Å². The van der Waals surface area contributed by atoms with Crippen molar-refractivity contribution in [2.45, 2.75) is 10.9 Å². The second kappa shape index (κ2) is 7.62. The summed E-state index contributed by atoms with van der Waals surface area (Å²) >= 11 is 3.31. The zero-order valence-electron chi connectivity index (χ0n) is 15.3. The number of aryl methyl sites for hydroxylation is 1. The quantitative estimate of drug-likeness (QED) is 0.428. The molecule has 0 aliphatic rings. The van der Waals surface area contributed by atoms with E-state index in [0.717, 1.165) is 49.7 Å². The molecule has 0 saturated carbocycles. The predicted octanol–water partition coefficient (Wildman–Crippen LogP) is 5.01. The van der Waals surface area contributed by atoms with Crippen molar-refractivity contribution in [2.75, 3.05) is 14.2 Å². The van der Waals surface area contributed by atoms with Crippen molar-refractivity contribution in [3.63, 3.8) is 0 Å². The molecule has 0 aliphatic carbocycles. The lowest BCUT2D eigenvalue weighted by Crippen LogP contribution is -1.92. The van der Waals surface area contributed by atoms with Crippen molar-refractivity contribution in [1.82, 2.24) is 14.5 Å². The monoisotopic (exact) mass is 397 g/mol. The minimum atomic E-state index is 0.762. The van der Waals surface area contributed by atoms with Crippen molar-refractivity contribution in [3.8, 4) is 22.1 Å². The van der Waals surface area contributed by atoms with Crippen LogP contribution in [0, 0.1) is 0 Å². The van der Waals surface area contributed by atoms with Gasteiger partial charge in [-0.05, 0) is 24.3 Å². The summed E-state index contributed by atoms with van der Waals surface area (Å²) in [7, 11) is 5.36. The van der Waals surface area contributed by atoms with Gasteiger partial charge in [0.25, 0.3) is 0 Å². The Morgan fingerprint density at radius 2 is 1.93 bits per heavy atom. The van der Waals surface area contributed by atoms with E-state index in [1.807, 2.05) is 43.4 Å². The van der Waals surface area contributed by atoms with Gasteiger partial charge in [-0.25, -0.2) is 9.97 Å². The van der Waals surface area contributed by atoms with E-state index in [1.54, 1.807) is 37.3 Å². The fourth-order valence-electron chi connectivity index (χ4n) is 2.86. The van der Waals surface area contributed by atoms with Crippen LogP contribution in [0.3, 0.4) is 0 Å². The number of para-hydroxylation sites is 2. The number of thiazole rings is 1. The molecule has 4 rings (SSSR count). The topological polar surface area (TPSA) is 49.2 Å². The minimum Gasteiger partial charge on any atom is -0.497 e. The average Bonchev–Trinajstić information content (AvgIpc) is 3.31. The Morgan fingerprint density at radius 1 is 1.07 bits per heavy atom. The number of benzene rings is 2. The summed E-state index contributed by atoms with van der Waals surface area (Å²) in [6.45, 7) is 0. The van der Waals surface area contributed by atoms with Gasteiger partial charge in [0.1, 0.15) is 16.5 Å². The maximum absolute atomic E-state index is 5.50. The molecule has 0 unspecified atom stereocenters. The molecule has 0 amide bonds. The molecule has 2 aromatic heterocycles. The van der Waals surface area contributed by atoms with Crippen LogP contribution in [0.25, 0.3) is 21.6 Å². The fraction of sp³-hybridized carbons (Fsp3) is 0.200. The van der Waals surface area contributed by atoms with Gasteiger partial charge < -0.3 is 14.0 Å². The highest BCUT2D eigenvalue weighted by Crippen LogP contribution is 2.36. The van der Waals surface area contributed by atoms with E-state index in [2.05, 4.69) is 16.0 Å². The van der Waals surface area contributed by atoms with Gasteiger partial charge in [0.2, 0.25) is 0 Å². The third kappa shape index (κ3) is 3.52. The predicted molar refractivity (Wildman–Crippen MR) is 111 cm³/mol. The highest BCUT2D eigenvalue weighted by atomic mass is 32.2. The van der Waals surface area contributed by atoms with Gasteiger partial charge in [-0.3, -0.25) is 0 Å². The molecule has 0 radical (unpaired) electrons. The lowest BCUT2D eigenvalue weighted by Gasteiger charge is -2.08. The smallest absolute Gasteiger partial charge is 0.169 e. The largest absolute Gasteiger partial charge is 0.497 e. The number of hydrogen-bond donors (Lipinski definition) is 0. The highest BCUT2D eigenvalue weighted by Gasteiger charge is 2.13. The van der Waals surface area contributed by atoms with Crippen LogP contribution in [0.2, 0.25) is 0 Å². The van der Waals surface area contributed by atoms with Crippen LogP contribution in [-0.4, -0.2) is 28.8 Å². The molecule has 2 heterocycles. The van der Waals surface area contributed by atoms with Crippen LogP contribution in [0.4, 0.5) is 0 Å². The Morgan fingerprint density at radius 3 is 2.70 bits per heavy atom. The van der Waals surface area contributed by atoms with Gasteiger partial charge in [0.15, 0.2) is 5.16 Å². The first-order valence-electron chi connectivity index (χ1n) is 8.40. The molecule has 0 bridgehead atoms. The van der Waals surface area contributed by atoms with Crippen molar-refractivity contribution >= 4 is 34.1 Å². The Balaban J connectivity index is 1.54. The van der Waals surface area contributed by atoms with E-state index in [0.29, 0.717) is 0 Å². The van der Waals surface area contributed by atoms with Gasteiger partial charge in [-0.1, -0.05) is 23.9 Å². The fourth-order valence-corrected chi connectivity index (χ4v) is 4.70. The van der Waals surface area contributed by atoms with Gasteiger partial charge in [-0.2, -0.15) is 0 Å². The maximum Gasteiger partial charge on any atom is 0.169 e. The lowest BCUT2D eigenvalue weighted by atomic mass is 10.2. The van der Waals surface area contributed by atoms with Crippen molar-refractivity contribution in [3.05, 3.63) is 53.5 Å². The number of hydrogen-bond acceptors (Lipinski definition) is 6. The molecule has 0 spiro atoms. The number of methoxy groups -OCH3 is 2. The zero-order valence-corrected chi connectivity index (χ0v) is 16.9. The van der Waals surface area contributed by atoms with Gasteiger partial charge >= 0.3 is 0 Å². The van der Waals surface area contributed by atoms with Crippen LogP contribution < -0.4 is 9.47 Å². The molecular formula is C20H19N3O2S2. The lowest BCUT2D eigenvalue weighted by molar-refractivity contribution is 0.395. The molecule has 0 atom stereocenters. The third-order valence-corrected chi connectivity index (χ3v) is 6.27. The van der Waals surface area contributed by atoms with E-state index in [4.69, 9.17) is 19.4 Å². The SMILES string of the molecule is COc1ccc(-c2nc(CSc3nc4ccccc4n3C)cs2)c(OC)c1.